The summed E-state index contributed by atoms with van der Waals surface area (Å²) >= 11 is 0. The van der Waals surface area contributed by atoms with Crippen molar-refractivity contribution in [2.24, 2.45) is 5.73 Å². The molecule has 3 heterocycles. The molecule has 8 heteroatoms. The second kappa shape index (κ2) is 7.71. The molecule has 1 aliphatic heterocycles. The van der Waals surface area contributed by atoms with E-state index in [1.807, 2.05) is 0 Å². The Morgan fingerprint density at radius 2 is 2.07 bits per heavy atom. The van der Waals surface area contributed by atoms with Crippen LogP contribution in [0.1, 0.15) is 53.1 Å². The van der Waals surface area contributed by atoms with E-state index in [-0.39, 0.29) is 28.2 Å². The van der Waals surface area contributed by atoms with Gasteiger partial charge in [0.25, 0.3) is 11.8 Å². The van der Waals surface area contributed by atoms with Gasteiger partial charge in [0.15, 0.2) is 5.76 Å². The van der Waals surface area contributed by atoms with Gasteiger partial charge in [-0.25, -0.2) is 4.39 Å². The zero-order chi connectivity index (χ0) is 20.5. The smallest absolute Gasteiger partial charge is 0.291 e. The number of nitrogens with one attached hydrogen (secondary N) is 1. The van der Waals surface area contributed by atoms with Gasteiger partial charge in [-0.3, -0.25) is 14.5 Å². The number of rotatable bonds is 5. The highest BCUT2D eigenvalue weighted by molar-refractivity contribution is 6.13. The molecule has 152 valence electrons. The number of nitrogens with two attached hydrogens (primary N) is 1. The molecule has 0 bridgehead atoms. The highest BCUT2D eigenvalue weighted by atomic mass is 19.1. The summed E-state index contributed by atoms with van der Waals surface area (Å²) in [5.41, 5.74) is 5.62. The van der Waals surface area contributed by atoms with Crippen LogP contribution in [0.5, 0.6) is 0 Å². The van der Waals surface area contributed by atoms with Crippen LogP contribution in [0, 0.1) is 5.82 Å². The predicted molar refractivity (Wildman–Crippen MR) is 105 cm³/mol. The summed E-state index contributed by atoms with van der Waals surface area (Å²) in [5, 5.41) is 2.83. The van der Waals surface area contributed by atoms with E-state index in [1.54, 1.807) is 12.1 Å². The number of carbonyl (C=O) groups excluding carboxylic acids is 2. The Labute approximate surface area is 166 Å². The van der Waals surface area contributed by atoms with E-state index in [0.29, 0.717) is 18.3 Å². The van der Waals surface area contributed by atoms with E-state index in [2.05, 4.69) is 17.1 Å². The number of likely N-dealkylation sites (tertiary alicyclic amines) is 1. The van der Waals surface area contributed by atoms with Crippen LogP contribution in [0.4, 0.5) is 10.1 Å². The van der Waals surface area contributed by atoms with Gasteiger partial charge in [-0.15, -0.1) is 0 Å². The highest BCUT2D eigenvalue weighted by Crippen LogP contribution is 2.32. The molecule has 1 fully saturated rings. The Kier molecular flexibility index (Phi) is 5.10. The molecule has 0 aliphatic carbocycles. The Morgan fingerprint density at radius 3 is 2.83 bits per heavy atom. The molecular weight excluding hydrogens is 377 g/mol. The maximum absolute atomic E-state index is 13.7. The summed E-state index contributed by atoms with van der Waals surface area (Å²) < 4.78 is 24.7. The number of primary amides is 1. The molecule has 1 saturated heterocycles. The summed E-state index contributed by atoms with van der Waals surface area (Å²) in [5.74, 6) is -1.44. The average Bonchev–Trinajstić information content (AvgIpc) is 3.29. The monoisotopic (exact) mass is 399 g/mol. The SMILES string of the molecule is CC1CCCCN1Cc1ccc(C(=O)Nc2c(C(N)=O)oc3ccc(F)cc23)o1. The second-order valence-corrected chi connectivity index (χ2v) is 7.35. The highest BCUT2D eigenvalue weighted by Gasteiger charge is 2.24. The largest absolute Gasteiger partial charge is 0.455 e. The number of furan rings is 2. The maximum atomic E-state index is 13.7. The summed E-state index contributed by atoms with van der Waals surface area (Å²) in [6, 6.07) is 7.55. The number of carbonyl (C=O) groups is 2. The Morgan fingerprint density at radius 1 is 1.24 bits per heavy atom. The number of piperidine rings is 1. The van der Waals surface area contributed by atoms with Gasteiger partial charge in [0.2, 0.25) is 5.76 Å². The van der Waals surface area contributed by atoms with E-state index in [4.69, 9.17) is 14.6 Å². The minimum Gasteiger partial charge on any atom is -0.455 e. The number of amides is 2. The Hall–Kier alpha value is -3.13. The summed E-state index contributed by atoms with van der Waals surface area (Å²) in [7, 11) is 0. The molecule has 7 nitrogen and oxygen atoms in total. The number of benzene rings is 1. The molecule has 0 spiro atoms. The minimum absolute atomic E-state index is 0.0274. The van der Waals surface area contributed by atoms with Crippen molar-refractivity contribution >= 4 is 28.5 Å². The topological polar surface area (TPSA) is 102 Å². The Balaban J connectivity index is 1.56. The number of anilines is 1. The van der Waals surface area contributed by atoms with Crippen molar-refractivity contribution in [3.8, 4) is 0 Å². The third kappa shape index (κ3) is 3.88. The van der Waals surface area contributed by atoms with Crippen molar-refractivity contribution in [2.45, 2.75) is 38.8 Å². The summed E-state index contributed by atoms with van der Waals surface area (Å²) in [6.07, 6.45) is 3.53. The predicted octanol–water partition coefficient (Wildman–Crippen LogP) is 3.89. The number of halogens is 1. The van der Waals surface area contributed by atoms with Crippen LogP contribution in [0.2, 0.25) is 0 Å². The van der Waals surface area contributed by atoms with Crippen LogP contribution in [0.15, 0.2) is 39.2 Å². The third-order valence-corrected chi connectivity index (χ3v) is 5.30. The van der Waals surface area contributed by atoms with Gasteiger partial charge in [-0.2, -0.15) is 0 Å². The van der Waals surface area contributed by atoms with Crippen LogP contribution in [-0.4, -0.2) is 29.3 Å². The molecule has 2 amide bonds. The van der Waals surface area contributed by atoms with Crippen molar-refractivity contribution in [3.05, 3.63) is 53.4 Å². The lowest BCUT2D eigenvalue weighted by atomic mass is 10.0. The van der Waals surface area contributed by atoms with E-state index < -0.39 is 17.6 Å². The van der Waals surface area contributed by atoms with Gasteiger partial charge in [-0.1, -0.05) is 6.42 Å². The quantitative estimate of drug-likeness (QED) is 0.678. The lowest BCUT2D eigenvalue weighted by Crippen LogP contribution is -2.36. The molecule has 1 aliphatic rings. The van der Waals surface area contributed by atoms with Crippen LogP contribution in [0.3, 0.4) is 0 Å². The first-order valence-electron chi connectivity index (χ1n) is 9.58. The standard InChI is InChI=1S/C21H22FN3O4/c1-12-4-2-3-9-25(12)11-14-6-8-17(28-14)21(27)24-18-15-10-13(22)5-7-16(15)29-19(18)20(23)26/h5-8,10,12H,2-4,9,11H2,1H3,(H2,23,26)(H,24,27). The van der Waals surface area contributed by atoms with Gasteiger partial charge in [0.1, 0.15) is 22.8 Å². The van der Waals surface area contributed by atoms with Gasteiger partial charge in [-0.05, 0) is 56.6 Å². The van der Waals surface area contributed by atoms with Crippen LogP contribution in [0.25, 0.3) is 11.0 Å². The number of hydrogen-bond donors (Lipinski definition) is 2. The summed E-state index contributed by atoms with van der Waals surface area (Å²) in [4.78, 5) is 26.7. The number of fused-ring (bicyclic) bond motifs is 1. The van der Waals surface area contributed by atoms with Crippen LogP contribution >= 0.6 is 0 Å². The van der Waals surface area contributed by atoms with Gasteiger partial charge < -0.3 is 19.9 Å². The van der Waals surface area contributed by atoms with Crippen molar-refractivity contribution in [2.75, 3.05) is 11.9 Å². The molecule has 3 aromatic rings. The molecule has 0 radical (unpaired) electrons. The van der Waals surface area contributed by atoms with E-state index in [0.717, 1.165) is 19.4 Å². The number of hydrogen-bond acceptors (Lipinski definition) is 5. The van der Waals surface area contributed by atoms with Crippen molar-refractivity contribution in [1.82, 2.24) is 4.90 Å². The summed E-state index contributed by atoms with van der Waals surface area (Å²) in [6.45, 7) is 3.81. The number of nitrogens with zero attached hydrogens (tertiary/aromatic N) is 1. The first kappa shape index (κ1) is 19.2. The normalized spacial score (nSPS) is 17.5. The zero-order valence-electron chi connectivity index (χ0n) is 16.0. The molecular formula is C21H22FN3O4. The first-order valence-corrected chi connectivity index (χ1v) is 9.58. The second-order valence-electron chi connectivity index (χ2n) is 7.35. The maximum Gasteiger partial charge on any atom is 0.291 e. The van der Waals surface area contributed by atoms with E-state index in [1.165, 1.54) is 24.6 Å². The average molecular weight is 399 g/mol. The fraction of sp³-hybridized carbons (Fsp3) is 0.333. The fourth-order valence-electron chi connectivity index (χ4n) is 3.72. The molecule has 3 N–H and O–H groups in total. The molecule has 1 atom stereocenters. The molecule has 29 heavy (non-hydrogen) atoms. The van der Waals surface area contributed by atoms with Crippen molar-refractivity contribution in [1.29, 1.82) is 0 Å². The molecule has 0 saturated carbocycles. The van der Waals surface area contributed by atoms with Gasteiger partial charge in [0.05, 0.1) is 6.54 Å². The lowest BCUT2D eigenvalue weighted by Gasteiger charge is -2.32. The van der Waals surface area contributed by atoms with Crippen molar-refractivity contribution < 1.29 is 22.8 Å². The molecule has 1 aromatic carbocycles. The van der Waals surface area contributed by atoms with Gasteiger partial charge >= 0.3 is 0 Å². The third-order valence-electron chi connectivity index (χ3n) is 5.30. The first-order chi connectivity index (χ1) is 13.9. The molecule has 1 unspecified atom stereocenters. The van der Waals surface area contributed by atoms with Crippen LogP contribution in [-0.2, 0) is 6.54 Å². The molecule has 4 rings (SSSR count). The lowest BCUT2D eigenvalue weighted by molar-refractivity contribution is 0.0977. The van der Waals surface area contributed by atoms with Crippen molar-refractivity contribution in [3.63, 3.8) is 0 Å². The van der Waals surface area contributed by atoms with Crippen LogP contribution < -0.4 is 11.1 Å². The minimum atomic E-state index is -0.865. The fourth-order valence-corrected chi connectivity index (χ4v) is 3.72. The Bertz CT molecular complexity index is 1070. The van der Waals surface area contributed by atoms with Gasteiger partial charge in [0, 0.05) is 11.4 Å². The molecule has 2 aromatic heterocycles. The van der Waals surface area contributed by atoms with E-state index >= 15 is 0 Å². The zero-order valence-corrected chi connectivity index (χ0v) is 16.0. The van der Waals surface area contributed by atoms with E-state index in [9.17, 15) is 14.0 Å².